The Morgan fingerprint density at radius 3 is 2.00 bits per heavy atom. The molecule has 0 aromatic carbocycles. The van der Waals surface area contributed by atoms with Crippen LogP contribution in [0.15, 0.2) is 10.1 Å². The third-order valence-corrected chi connectivity index (χ3v) is 7.51. The molecule has 1 nitrogen and oxygen atoms in total. The Bertz CT molecular complexity index is 353. The Hall–Kier alpha value is 1.44. The van der Waals surface area contributed by atoms with Crippen LogP contribution < -0.4 is 5.73 Å². The highest BCUT2D eigenvalue weighted by Gasteiger charge is 2.77. The van der Waals surface area contributed by atoms with E-state index in [1.54, 1.807) is 0 Å². The van der Waals surface area contributed by atoms with Gasteiger partial charge in [-0.25, -0.2) is 0 Å². The van der Waals surface area contributed by atoms with Crippen molar-refractivity contribution >= 4 is 69.6 Å². The first kappa shape index (κ1) is 12.9. The van der Waals surface area contributed by atoms with Gasteiger partial charge in [0.2, 0.25) is 0 Å². The van der Waals surface area contributed by atoms with E-state index in [4.69, 9.17) is 75.3 Å². The maximum absolute atomic E-state index is 6.39. The highest BCUT2D eigenvalue weighted by molar-refractivity contribution is 6.65. The first-order chi connectivity index (χ1) is 6.73. The van der Waals surface area contributed by atoms with Crippen LogP contribution >= 0.6 is 69.6 Å². The van der Waals surface area contributed by atoms with Crippen molar-refractivity contribution in [2.24, 2.45) is 11.7 Å². The highest BCUT2D eigenvalue weighted by Crippen LogP contribution is 2.73. The van der Waals surface area contributed by atoms with Crippen molar-refractivity contribution in [1.82, 2.24) is 0 Å². The largest absolute Gasteiger partial charge is 0.330 e. The van der Waals surface area contributed by atoms with E-state index in [0.29, 0.717) is 13.0 Å². The van der Waals surface area contributed by atoms with Crippen molar-refractivity contribution in [3.63, 3.8) is 0 Å². The van der Waals surface area contributed by atoms with Gasteiger partial charge < -0.3 is 5.73 Å². The van der Waals surface area contributed by atoms with Gasteiger partial charge in [-0.3, -0.25) is 0 Å². The number of alkyl halides is 4. The molecule has 0 radical (unpaired) electrons. The minimum atomic E-state index is -1.43. The third-order valence-electron chi connectivity index (χ3n) is 3.19. The molecule has 0 aromatic rings. The summed E-state index contributed by atoms with van der Waals surface area (Å²) in [4.78, 5) is -2.30. The summed E-state index contributed by atoms with van der Waals surface area (Å²) in [5.74, 6) is -0.179. The molecule has 0 aromatic heterocycles. The van der Waals surface area contributed by atoms with Crippen LogP contribution in [0.5, 0.6) is 0 Å². The maximum atomic E-state index is 6.39. The fourth-order valence-corrected chi connectivity index (χ4v) is 5.13. The topological polar surface area (TPSA) is 26.0 Å². The Kier molecular flexibility index (Phi) is 2.98. The van der Waals surface area contributed by atoms with Crippen LogP contribution in [-0.4, -0.2) is 20.6 Å². The van der Waals surface area contributed by atoms with Gasteiger partial charge in [0.15, 0.2) is 4.33 Å². The highest BCUT2D eigenvalue weighted by atomic mass is 35.5. The molecule has 0 amide bonds. The molecular weight excluding hydrogens is 323 g/mol. The number of rotatable bonds is 1. The fraction of sp³-hybridized carbons (Fsp3) is 0.750. The Balaban J connectivity index is 2.65. The van der Waals surface area contributed by atoms with Crippen LogP contribution in [0.3, 0.4) is 0 Å². The maximum Gasteiger partial charge on any atom is 0.166 e. The number of allylic oxidation sites excluding steroid dienone is 2. The number of halogens is 6. The van der Waals surface area contributed by atoms with E-state index in [9.17, 15) is 0 Å². The van der Waals surface area contributed by atoms with Crippen LogP contribution in [-0.2, 0) is 0 Å². The van der Waals surface area contributed by atoms with Crippen molar-refractivity contribution in [3.05, 3.63) is 10.1 Å². The lowest BCUT2D eigenvalue weighted by atomic mass is 9.92. The Labute approximate surface area is 118 Å². The number of hydrogen-bond acceptors (Lipinski definition) is 1. The van der Waals surface area contributed by atoms with Gasteiger partial charge in [-0.2, -0.15) is 0 Å². The summed E-state index contributed by atoms with van der Waals surface area (Å²) in [5.41, 5.74) is 5.61. The second kappa shape index (κ2) is 3.47. The van der Waals surface area contributed by atoms with Crippen LogP contribution in [0.1, 0.15) is 6.42 Å². The minimum absolute atomic E-state index is 0.179. The molecule has 15 heavy (non-hydrogen) atoms. The van der Waals surface area contributed by atoms with Crippen molar-refractivity contribution in [1.29, 1.82) is 0 Å². The molecule has 0 saturated heterocycles. The summed E-state index contributed by atoms with van der Waals surface area (Å²) in [6.45, 7) is 0.305. The molecule has 1 saturated carbocycles. The summed E-state index contributed by atoms with van der Waals surface area (Å²) >= 11 is 37.2. The van der Waals surface area contributed by atoms with Crippen LogP contribution in [0, 0.1) is 5.92 Å². The van der Waals surface area contributed by atoms with Gasteiger partial charge in [-0.1, -0.05) is 46.4 Å². The molecule has 2 aliphatic carbocycles. The predicted octanol–water partition coefficient (Wildman–Crippen LogP) is 3.80. The molecule has 7 heteroatoms. The van der Waals surface area contributed by atoms with Crippen molar-refractivity contribution in [3.8, 4) is 0 Å². The van der Waals surface area contributed by atoms with E-state index in [2.05, 4.69) is 0 Å². The summed E-state index contributed by atoms with van der Waals surface area (Å²) in [6.07, 6.45) is 0.427. The molecule has 3 atom stereocenters. The Morgan fingerprint density at radius 1 is 1.13 bits per heavy atom. The molecule has 0 spiro atoms. The van der Waals surface area contributed by atoms with Crippen molar-refractivity contribution < 1.29 is 0 Å². The lowest BCUT2D eigenvalue weighted by Crippen LogP contribution is -2.45. The second-order valence-corrected chi connectivity index (χ2v) is 7.18. The molecule has 86 valence electrons. The molecule has 2 N–H and O–H groups in total. The molecule has 2 bridgehead atoms. The third kappa shape index (κ3) is 1.19. The lowest BCUT2D eigenvalue weighted by Gasteiger charge is -2.33. The Morgan fingerprint density at radius 2 is 1.67 bits per heavy atom. The average Bonchev–Trinajstić information content (AvgIpc) is 2.39. The van der Waals surface area contributed by atoms with Gasteiger partial charge in [-0.05, 0) is 13.0 Å². The van der Waals surface area contributed by atoms with Gasteiger partial charge in [0, 0.05) is 5.92 Å². The summed E-state index contributed by atoms with van der Waals surface area (Å²) < 4.78 is -1.43. The monoisotopic (exact) mass is 327 g/mol. The number of fused-ring (bicyclic) bond motifs is 2. The van der Waals surface area contributed by atoms with Gasteiger partial charge in [-0.15, -0.1) is 23.2 Å². The second-order valence-electron chi connectivity index (χ2n) is 3.85. The first-order valence-electron chi connectivity index (χ1n) is 4.25. The quantitative estimate of drug-likeness (QED) is 0.728. The molecule has 2 aliphatic rings. The van der Waals surface area contributed by atoms with Crippen LogP contribution in [0.25, 0.3) is 0 Å². The number of nitrogens with two attached hydrogens (primary N) is 1. The first-order valence-corrected chi connectivity index (χ1v) is 6.52. The van der Waals surface area contributed by atoms with Gasteiger partial charge in [0.05, 0.1) is 10.1 Å². The van der Waals surface area contributed by atoms with Gasteiger partial charge >= 0.3 is 0 Å². The SMILES string of the molecule is NC[C@H]1C[C@]2(Cl)C(Cl)=C(Cl)[C@@]1(Cl)C2(Cl)Cl. The van der Waals surface area contributed by atoms with E-state index in [1.807, 2.05) is 0 Å². The molecule has 0 aliphatic heterocycles. The number of hydrogen-bond donors (Lipinski definition) is 1. The van der Waals surface area contributed by atoms with Gasteiger partial charge in [0.1, 0.15) is 9.75 Å². The van der Waals surface area contributed by atoms with E-state index in [0.717, 1.165) is 0 Å². The van der Waals surface area contributed by atoms with E-state index >= 15 is 0 Å². The van der Waals surface area contributed by atoms with E-state index < -0.39 is 14.1 Å². The molecule has 1 fully saturated rings. The summed E-state index contributed by atoms with van der Waals surface area (Å²) in [5, 5.41) is 0.447. The van der Waals surface area contributed by atoms with Crippen LogP contribution in [0.4, 0.5) is 0 Å². The zero-order valence-electron chi connectivity index (χ0n) is 7.34. The zero-order chi connectivity index (χ0) is 11.6. The summed E-state index contributed by atoms with van der Waals surface area (Å²) in [7, 11) is 0. The smallest absolute Gasteiger partial charge is 0.166 e. The zero-order valence-corrected chi connectivity index (χ0v) is 11.9. The standard InChI is InChI=1S/C8H7Cl6N/c9-4-5(10)7(12)3(2-15)1-6(4,11)8(7,13)14/h3H,1-2,15H2/t3-,6+,7-/m1/s1. The van der Waals surface area contributed by atoms with Crippen molar-refractivity contribution in [2.45, 2.75) is 20.5 Å². The van der Waals surface area contributed by atoms with Crippen LogP contribution in [0.2, 0.25) is 0 Å². The lowest BCUT2D eigenvalue weighted by molar-refractivity contribution is 0.475. The fourth-order valence-electron chi connectivity index (χ4n) is 2.28. The predicted molar refractivity (Wildman–Crippen MR) is 67.5 cm³/mol. The molecule has 0 heterocycles. The minimum Gasteiger partial charge on any atom is -0.330 e. The summed E-state index contributed by atoms with van der Waals surface area (Å²) in [6, 6.07) is 0. The molecule has 2 rings (SSSR count). The van der Waals surface area contributed by atoms with Crippen molar-refractivity contribution in [2.75, 3.05) is 6.54 Å². The average molecular weight is 330 g/mol. The van der Waals surface area contributed by atoms with E-state index in [-0.39, 0.29) is 16.0 Å². The molecular formula is C8H7Cl6N. The van der Waals surface area contributed by atoms with E-state index in [1.165, 1.54) is 0 Å². The molecule has 0 unspecified atom stereocenters. The normalized spacial score (nSPS) is 47.8. The van der Waals surface area contributed by atoms with Gasteiger partial charge in [0.25, 0.3) is 0 Å².